The van der Waals surface area contributed by atoms with Gasteiger partial charge < -0.3 is 5.32 Å². The van der Waals surface area contributed by atoms with E-state index in [9.17, 15) is 5.26 Å². The summed E-state index contributed by atoms with van der Waals surface area (Å²) in [5.41, 5.74) is 2.03. The van der Waals surface area contributed by atoms with E-state index in [0.717, 1.165) is 37.2 Å². The first-order valence-electron chi connectivity index (χ1n) is 7.79. The molecule has 3 rings (SSSR count). The van der Waals surface area contributed by atoms with Gasteiger partial charge in [0.2, 0.25) is 0 Å². The Hall–Kier alpha value is -1.37. The van der Waals surface area contributed by atoms with Crippen molar-refractivity contribution in [2.75, 3.05) is 19.6 Å². The van der Waals surface area contributed by atoms with Crippen LogP contribution in [0.25, 0.3) is 0 Å². The fourth-order valence-electron chi connectivity index (χ4n) is 3.16. The normalized spacial score (nSPS) is 20.0. The molecule has 1 aromatic rings. The molecule has 2 fully saturated rings. The number of hydrogen-bond acceptors (Lipinski definition) is 3. The minimum absolute atomic E-state index is 0.761. The van der Waals surface area contributed by atoms with E-state index in [4.69, 9.17) is 0 Å². The first-order chi connectivity index (χ1) is 9.86. The summed E-state index contributed by atoms with van der Waals surface area (Å²) in [4.78, 5) is 2.62. The molecule has 106 valence electrons. The topological polar surface area (TPSA) is 39.1 Å². The van der Waals surface area contributed by atoms with Gasteiger partial charge in [-0.3, -0.25) is 4.90 Å². The second kappa shape index (κ2) is 6.39. The van der Waals surface area contributed by atoms with Crippen molar-refractivity contribution in [2.45, 2.75) is 38.3 Å². The van der Waals surface area contributed by atoms with Crippen molar-refractivity contribution in [2.24, 2.45) is 5.92 Å². The Morgan fingerprint density at radius 1 is 1.15 bits per heavy atom. The summed E-state index contributed by atoms with van der Waals surface area (Å²) in [6, 6.07) is 11.1. The first kappa shape index (κ1) is 13.6. The molecule has 1 saturated carbocycles. The van der Waals surface area contributed by atoms with Crippen LogP contribution in [0.4, 0.5) is 0 Å². The molecule has 0 spiro atoms. The largest absolute Gasteiger partial charge is 0.317 e. The van der Waals surface area contributed by atoms with Crippen LogP contribution in [0.2, 0.25) is 0 Å². The molecule has 1 aromatic carbocycles. The van der Waals surface area contributed by atoms with Crippen LogP contribution in [0, 0.1) is 17.2 Å². The maximum atomic E-state index is 9.23. The molecule has 1 heterocycles. The molecule has 0 bridgehead atoms. The fourth-order valence-corrected chi connectivity index (χ4v) is 3.16. The molecule has 0 atom stereocenters. The Kier molecular flexibility index (Phi) is 4.34. The van der Waals surface area contributed by atoms with Crippen LogP contribution in [0.1, 0.15) is 36.8 Å². The van der Waals surface area contributed by atoms with E-state index in [1.165, 1.54) is 37.8 Å². The summed E-state index contributed by atoms with van der Waals surface area (Å²) in [5, 5.41) is 12.7. The molecular weight excluding hydrogens is 246 g/mol. The van der Waals surface area contributed by atoms with E-state index >= 15 is 0 Å². The molecule has 0 aromatic heterocycles. The lowest BCUT2D eigenvalue weighted by Gasteiger charge is -2.30. The summed E-state index contributed by atoms with van der Waals surface area (Å²) < 4.78 is 0. The predicted molar refractivity (Wildman–Crippen MR) is 80.2 cm³/mol. The number of rotatable bonds is 5. The van der Waals surface area contributed by atoms with Gasteiger partial charge in [-0.15, -0.1) is 0 Å². The number of hydrogen-bond donors (Lipinski definition) is 1. The minimum atomic E-state index is 0.761. The van der Waals surface area contributed by atoms with Crippen LogP contribution in [0.3, 0.4) is 0 Å². The second-order valence-electron chi connectivity index (χ2n) is 6.12. The molecule has 0 amide bonds. The van der Waals surface area contributed by atoms with Gasteiger partial charge in [0.25, 0.3) is 0 Å². The highest BCUT2D eigenvalue weighted by Gasteiger charge is 2.31. The van der Waals surface area contributed by atoms with E-state index in [1.54, 1.807) is 0 Å². The van der Waals surface area contributed by atoms with Crippen LogP contribution < -0.4 is 5.32 Å². The van der Waals surface area contributed by atoms with Crippen LogP contribution in [0.15, 0.2) is 24.3 Å². The molecule has 1 aliphatic carbocycles. The van der Waals surface area contributed by atoms with Crippen molar-refractivity contribution < 1.29 is 0 Å². The molecule has 3 nitrogen and oxygen atoms in total. The quantitative estimate of drug-likeness (QED) is 0.892. The van der Waals surface area contributed by atoms with Gasteiger partial charge in [-0.2, -0.15) is 5.26 Å². The van der Waals surface area contributed by atoms with E-state index in [2.05, 4.69) is 22.4 Å². The molecule has 1 aliphatic heterocycles. The molecule has 1 saturated heterocycles. The maximum Gasteiger partial charge on any atom is 0.0995 e. The lowest BCUT2D eigenvalue weighted by atomic mass is 9.97. The molecular formula is C17H23N3. The Morgan fingerprint density at radius 2 is 1.90 bits per heavy atom. The van der Waals surface area contributed by atoms with Gasteiger partial charge in [-0.05, 0) is 56.3 Å². The lowest BCUT2D eigenvalue weighted by molar-refractivity contribution is 0.190. The van der Waals surface area contributed by atoms with Gasteiger partial charge in [0.15, 0.2) is 0 Å². The maximum absolute atomic E-state index is 9.23. The summed E-state index contributed by atoms with van der Waals surface area (Å²) in [6.45, 7) is 4.47. The lowest BCUT2D eigenvalue weighted by Crippen LogP contribution is -2.37. The molecule has 0 radical (unpaired) electrons. The first-order valence-corrected chi connectivity index (χ1v) is 7.79. The number of benzene rings is 1. The highest BCUT2D eigenvalue weighted by Crippen LogP contribution is 2.30. The van der Waals surface area contributed by atoms with Crippen molar-refractivity contribution in [1.82, 2.24) is 10.2 Å². The molecule has 20 heavy (non-hydrogen) atoms. The zero-order chi connectivity index (χ0) is 13.8. The van der Waals surface area contributed by atoms with Crippen molar-refractivity contribution in [1.29, 1.82) is 5.26 Å². The summed E-state index contributed by atoms with van der Waals surface area (Å²) in [5.74, 6) is 0.825. The summed E-state index contributed by atoms with van der Waals surface area (Å²) in [7, 11) is 0. The van der Waals surface area contributed by atoms with E-state index in [0.29, 0.717) is 0 Å². The third kappa shape index (κ3) is 3.39. The number of piperidine rings is 1. The molecule has 2 aliphatic rings. The minimum Gasteiger partial charge on any atom is -0.317 e. The average Bonchev–Trinajstić information content (AvgIpc) is 3.33. The smallest absolute Gasteiger partial charge is 0.0995 e. The van der Waals surface area contributed by atoms with Crippen LogP contribution in [-0.4, -0.2) is 30.6 Å². The zero-order valence-electron chi connectivity index (χ0n) is 12.0. The second-order valence-corrected chi connectivity index (χ2v) is 6.12. The molecule has 0 unspecified atom stereocenters. The number of nitrogens with one attached hydrogen (secondary N) is 1. The van der Waals surface area contributed by atoms with Crippen molar-refractivity contribution >= 4 is 0 Å². The van der Waals surface area contributed by atoms with Crippen molar-refractivity contribution in [3.8, 4) is 6.07 Å². The van der Waals surface area contributed by atoms with Crippen molar-refractivity contribution in [3.63, 3.8) is 0 Å². The SMILES string of the molecule is N#Cc1ccccc1CN(CC1CCNCC1)C1CC1. The third-order valence-corrected chi connectivity index (χ3v) is 4.53. The van der Waals surface area contributed by atoms with Crippen LogP contribution >= 0.6 is 0 Å². The van der Waals surface area contributed by atoms with Crippen LogP contribution in [0.5, 0.6) is 0 Å². The zero-order valence-corrected chi connectivity index (χ0v) is 12.0. The Morgan fingerprint density at radius 3 is 2.60 bits per heavy atom. The fraction of sp³-hybridized carbons (Fsp3) is 0.588. The standard InChI is InChI=1S/C17H23N3/c18-11-15-3-1-2-4-16(15)13-20(17-5-6-17)12-14-7-9-19-10-8-14/h1-4,14,17,19H,5-10,12-13H2. The van der Waals surface area contributed by atoms with E-state index in [-0.39, 0.29) is 0 Å². The van der Waals surface area contributed by atoms with Crippen LogP contribution in [-0.2, 0) is 6.54 Å². The monoisotopic (exact) mass is 269 g/mol. The van der Waals surface area contributed by atoms with Gasteiger partial charge in [-0.25, -0.2) is 0 Å². The number of nitriles is 1. The predicted octanol–water partition coefficient (Wildman–Crippen LogP) is 2.52. The van der Waals surface area contributed by atoms with Gasteiger partial charge in [-0.1, -0.05) is 18.2 Å². The Balaban J connectivity index is 1.66. The molecule has 1 N–H and O–H groups in total. The third-order valence-electron chi connectivity index (χ3n) is 4.53. The van der Waals surface area contributed by atoms with E-state index < -0.39 is 0 Å². The van der Waals surface area contributed by atoms with E-state index in [1.807, 2.05) is 18.2 Å². The van der Waals surface area contributed by atoms with Gasteiger partial charge in [0, 0.05) is 19.1 Å². The Bertz CT molecular complexity index is 481. The number of nitrogens with zero attached hydrogens (tertiary/aromatic N) is 2. The van der Waals surface area contributed by atoms with Crippen molar-refractivity contribution in [3.05, 3.63) is 35.4 Å². The Labute approximate surface area is 121 Å². The van der Waals surface area contributed by atoms with Gasteiger partial charge in [0.05, 0.1) is 11.6 Å². The van der Waals surface area contributed by atoms with Gasteiger partial charge >= 0.3 is 0 Å². The highest BCUT2D eigenvalue weighted by molar-refractivity contribution is 5.37. The van der Waals surface area contributed by atoms with Gasteiger partial charge in [0.1, 0.15) is 0 Å². The summed E-state index contributed by atoms with van der Waals surface area (Å²) >= 11 is 0. The highest BCUT2D eigenvalue weighted by atomic mass is 15.2. The summed E-state index contributed by atoms with van der Waals surface area (Å²) in [6.07, 6.45) is 5.26. The molecule has 3 heteroatoms. The average molecular weight is 269 g/mol.